The van der Waals surface area contributed by atoms with Crippen LogP contribution in [0.2, 0.25) is 0 Å². The van der Waals surface area contributed by atoms with Crippen LogP contribution in [0.1, 0.15) is 13.8 Å². The van der Waals surface area contributed by atoms with E-state index in [0.717, 1.165) is 13.8 Å². The van der Waals surface area contributed by atoms with Crippen LogP contribution in [0.5, 0.6) is 0 Å². The molecule has 2 aliphatic heterocycles. The van der Waals surface area contributed by atoms with Crippen molar-refractivity contribution in [3.05, 3.63) is 0 Å². The molecule has 2 rings (SSSR count). The van der Waals surface area contributed by atoms with Crippen molar-refractivity contribution in [2.75, 3.05) is 13.2 Å². The average Bonchev–Trinajstić information content (AvgIpc) is 2.65. The Hall–Kier alpha value is -1.42. The fourth-order valence-electron chi connectivity index (χ4n) is 3.38. The van der Waals surface area contributed by atoms with E-state index in [9.17, 15) is 40.2 Å². The highest BCUT2D eigenvalue weighted by Gasteiger charge is 2.51. The van der Waals surface area contributed by atoms with Crippen LogP contribution in [0.3, 0.4) is 0 Å². The molecule has 2 amide bonds. The number of nitrogens with one attached hydrogen (secondary N) is 2. The van der Waals surface area contributed by atoms with E-state index in [1.165, 1.54) is 0 Å². The van der Waals surface area contributed by atoms with E-state index in [4.69, 9.17) is 14.2 Å². The summed E-state index contributed by atoms with van der Waals surface area (Å²) in [5, 5.41) is 64.5. The summed E-state index contributed by atoms with van der Waals surface area (Å²) in [6, 6.07) is -2.59. The largest absolute Gasteiger partial charge is 0.394 e. The number of amides is 2. The molecule has 168 valence electrons. The van der Waals surface area contributed by atoms with Crippen molar-refractivity contribution in [2.24, 2.45) is 0 Å². The molecule has 2 heterocycles. The number of hydrogen-bond acceptors (Lipinski definition) is 11. The van der Waals surface area contributed by atoms with Gasteiger partial charge in [-0.3, -0.25) is 9.59 Å². The fraction of sp³-hybridized carbons (Fsp3) is 0.875. The van der Waals surface area contributed by atoms with Crippen LogP contribution in [-0.4, -0.2) is 117 Å². The first kappa shape index (κ1) is 23.9. The minimum absolute atomic E-state index is 0.576. The molecule has 2 saturated heterocycles. The Morgan fingerprint density at radius 1 is 0.828 bits per heavy atom. The summed E-state index contributed by atoms with van der Waals surface area (Å²) in [5.74, 6) is -1.16. The van der Waals surface area contributed by atoms with Crippen molar-refractivity contribution in [3.8, 4) is 0 Å². The van der Waals surface area contributed by atoms with Gasteiger partial charge < -0.3 is 55.5 Å². The van der Waals surface area contributed by atoms with Gasteiger partial charge >= 0.3 is 0 Å². The molecule has 0 aromatic heterocycles. The maximum atomic E-state index is 11.5. The normalized spacial score (nSPS) is 42.9. The third kappa shape index (κ3) is 5.39. The molecule has 0 aromatic carbocycles. The highest BCUT2D eigenvalue weighted by molar-refractivity contribution is 5.73. The number of rotatable bonds is 6. The minimum Gasteiger partial charge on any atom is -0.394 e. The number of aliphatic hydroxyl groups is 6. The van der Waals surface area contributed by atoms with Crippen LogP contribution in [0.25, 0.3) is 0 Å². The number of ether oxygens (including phenoxy) is 3. The van der Waals surface area contributed by atoms with Crippen molar-refractivity contribution >= 4 is 11.8 Å². The van der Waals surface area contributed by atoms with Gasteiger partial charge in [-0.1, -0.05) is 0 Å². The average molecular weight is 424 g/mol. The van der Waals surface area contributed by atoms with Gasteiger partial charge in [-0.2, -0.15) is 0 Å². The summed E-state index contributed by atoms with van der Waals surface area (Å²) >= 11 is 0. The second-order valence-electron chi connectivity index (χ2n) is 7.00. The lowest BCUT2D eigenvalue weighted by molar-refractivity contribution is -0.323. The molecule has 2 fully saturated rings. The van der Waals surface area contributed by atoms with E-state index in [2.05, 4.69) is 10.6 Å². The molecule has 10 atom stereocenters. The van der Waals surface area contributed by atoms with E-state index in [-0.39, 0.29) is 0 Å². The monoisotopic (exact) mass is 424 g/mol. The van der Waals surface area contributed by atoms with Crippen molar-refractivity contribution in [2.45, 2.75) is 75.1 Å². The van der Waals surface area contributed by atoms with Crippen LogP contribution >= 0.6 is 0 Å². The first-order valence-electron chi connectivity index (χ1n) is 9.05. The zero-order chi connectivity index (χ0) is 21.9. The van der Waals surface area contributed by atoms with Gasteiger partial charge in [0.05, 0.1) is 13.2 Å². The Labute approximate surface area is 166 Å². The summed E-state index contributed by atoms with van der Waals surface area (Å²) in [4.78, 5) is 23.0. The molecule has 0 aromatic rings. The standard InChI is InChI=1S/C16H28N2O11/c1-5(21)17-9-13(25)11(23)7(3-19)28-16(9)29-14-10(18-6(2)22)15(26)27-8(4-20)12(14)24/h7-16,19-20,23-26H,3-4H2,1-2H3,(H,17,21)(H,18,22)/t7-,8+,9+,10-,11+,12-,13+,14+,15+,16+/m1/s1. The summed E-state index contributed by atoms with van der Waals surface area (Å²) in [5.41, 5.74) is 0. The highest BCUT2D eigenvalue weighted by Crippen LogP contribution is 2.28. The second-order valence-corrected chi connectivity index (χ2v) is 7.00. The molecule has 13 nitrogen and oxygen atoms in total. The molecule has 0 saturated carbocycles. The lowest BCUT2D eigenvalue weighted by Gasteiger charge is -2.47. The quantitative estimate of drug-likeness (QED) is 0.202. The Bertz CT molecular complexity index is 579. The summed E-state index contributed by atoms with van der Waals surface area (Å²) in [6.45, 7) is 0.959. The highest BCUT2D eigenvalue weighted by atomic mass is 16.7. The molecule has 2 aliphatic rings. The Kier molecular flexibility index (Phi) is 8.28. The van der Waals surface area contributed by atoms with Crippen LogP contribution in [0.4, 0.5) is 0 Å². The van der Waals surface area contributed by atoms with Crippen LogP contribution in [0, 0.1) is 0 Å². The molecular weight excluding hydrogens is 396 g/mol. The number of aliphatic hydroxyl groups excluding tert-OH is 6. The molecule has 0 spiro atoms. The molecule has 0 aliphatic carbocycles. The summed E-state index contributed by atoms with van der Waals surface area (Å²) in [6.07, 6.45) is -11.8. The maximum absolute atomic E-state index is 11.5. The van der Waals surface area contributed by atoms with Gasteiger partial charge in [0.25, 0.3) is 0 Å². The lowest BCUT2D eigenvalue weighted by Crippen LogP contribution is -2.69. The van der Waals surface area contributed by atoms with Gasteiger partial charge in [0.1, 0.15) is 48.7 Å². The van der Waals surface area contributed by atoms with Gasteiger partial charge in [-0.15, -0.1) is 0 Å². The van der Waals surface area contributed by atoms with Crippen molar-refractivity contribution < 1.29 is 54.4 Å². The predicted octanol–water partition coefficient (Wildman–Crippen LogP) is -5.11. The smallest absolute Gasteiger partial charge is 0.217 e. The Balaban J connectivity index is 2.31. The van der Waals surface area contributed by atoms with Crippen LogP contribution in [0.15, 0.2) is 0 Å². The zero-order valence-corrected chi connectivity index (χ0v) is 15.9. The van der Waals surface area contributed by atoms with Crippen LogP contribution in [-0.2, 0) is 23.8 Å². The molecule has 8 N–H and O–H groups in total. The molecule has 29 heavy (non-hydrogen) atoms. The van der Waals surface area contributed by atoms with E-state index in [1.54, 1.807) is 0 Å². The van der Waals surface area contributed by atoms with Crippen LogP contribution < -0.4 is 10.6 Å². The molecule has 0 radical (unpaired) electrons. The minimum atomic E-state index is -1.66. The van der Waals surface area contributed by atoms with E-state index < -0.39 is 86.3 Å². The third-order valence-electron chi connectivity index (χ3n) is 4.78. The topological polar surface area (TPSA) is 207 Å². The Morgan fingerprint density at radius 3 is 1.86 bits per heavy atom. The molecule has 13 heteroatoms. The first-order chi connectivity index (χ1) is 13.6. The number of carbonyl (C=O) groups is 2. The molecule has 0 bridgehead atoms. The third-order valence-corrected chi connectivity index (χ3v) is 4.78. The van der Waals surface area contributed by atoms with Gasteiger partial charge in [-0.05, 0) is 0 Å². The van der Waals surface area contributed by atoms with Crippen molar-refractivity contribution in [1.29, 1.82) is 0 Å². The maximum Gasteiger partial charge on any atom is 0.217 e. The lowest BCUT2D eigenvalue weighted by atomic mass is 9.94. The van der Waals surface area contributed by atoms with E-state index in [0.29, 0.717) is 0 Å². The summed E-state index contributed by atoms with van der Waals surface area (Å²) < 4.78 is 16.2. The number of carbonyl (C=O) groups excluding carboxylic acids is 2. The predicted molar refractivity (Wildman–Crippen MR) is 91.8 cm³/mol. The number of hydrogen-bond donors (Lipinski definition) is 8. The van der Waals surface area contributed by atoms with Crippen molar-refractivity contribution in [1.82, 2.24) is 10.6 Å². The van der Waals surface area contributed by atoms with Crippen molar-refractivity contribution in [3.63, 3.8) is 0 Å². The SMILES string of the molecule is CC(=O)N[C@@H]1[C@H](O[C@@H]2[C@H](O)[C@H](CO)O[C@H](O)[C@@H]2NC(C)=O)O[C@H](CO)[C@H](O)[C@H]1O. The van der Waals surface area contributed by atoms with Gasteiger partial charge in [0.2, 0.25) is 11.8 Å². The van der Waals surface area contributed by atoms with Gasteiger partial charge in [0, 0.05) is 13.8 Å². The van der Waals surface area contributed by atoms with E-state index in [1.807, 2.05) is 0 Å². The van der Waals surface area contributed by atoms with Gasteiger partial charge in [0.15, 0.2) is 12.6 Å². The van der Waals surface area contributed by atoms with Gasteiger partial charge in [-0.25, -0.2) is 0 Å². The fourth-order valence-corrected chi connectivity index (χ4v) is 3.38. The molecule has 0 unspecified atom stereocenters. The Morgan fingerprint density at radius 2 is 1.34 bits per heavy atom. The molecular formula is C16H28N2O11. The summed E-state index contributed by atoms with van der Waals surface area (Å²) in [7, 11) is 0. The second kappa shape index (κ2) is 10.1. The zero-order valence-electron chi connectivity index (χ0n) is 15.9. The first-order valence-corrected chi connectivity index (χ1v) is 9.05. The van der Waals surface area contributed by atoms with E-state index >= 15 is 0 Å².